The first-order chi connectivity index (χ1) is 14.5. The molecule has 0 fully saturated rings. The summed E-state index contributed by atoms with van der Waals surface area (Å²) >= 11 is 1.55. The zero-order valence-corrected chi connectivity index (χ0v) is 18.4. The van der Waals surface area contributed by atoms with Crippen LogP contribution in [-0.4, -0.2) is 9.97 Å². The lowest BCUT2D eigenvalue weighted by molar-refractivity contribution is 0.367. The third-order valence-electron chi connectivity index (χ3n) is 4.30. The van der Waals surface area contributed by atoms with E-state index in [-0.39, 0.29) is 0 Å². The van der Waals surface area contributed by atoms with Crippen molar-refractivity contribution in [3.05, 3.63) is 90.0 Å². The summed E-state index contributed by atoms with van der Waals surface area (Å²) in [6, 6.07) is 3.88. The topological polar surface area (TPSA) is 60.2 Å². The molecule has 0 aromatic carbocycles. The van der Waals surface area contributed by atoms with Gasteiger partial charge in [0.15, 0.2) is 5.13 Å². The van der Waals surface area contributed by atoms with Crippen LogP contribution in [0.15, 0.2) is 82.9 Å². The molecule has 3 aromatic rings. The third kappa shape index (κ3) is 6.46. The monoisotopic (exact) mass is 421 g/mol. The van der Waals surface area contributed by atoms with Crippen LogP contribution in [0.25, 0.3) is 11.0 Å². The largest absolute Gasteiger partial charge is 0.466 e. The maximum Gasteiger partial charge on any atom is 0.187 e. The molecular formula is C24H27N3O2S. The van der Waals surface area contributed by atoms with E-state index in [9.17, 15) is 0 Å². The van der Waals surface area contributed by atoms with E-state index in [4.69, 9.17) is 9.15 Å². The molecule has 6 heteroatoms. The van der Waals surface area contributed by atoms with Gasteiger partial charge in [0.2, 0.25) is 0 Å². The molecule has 0 saturated carbocycles. The van der Waals surface area contributed by atoms with E-state index in [2.05, 4.69) is 40.9 Å². The van der Waals surface area contributed by atoms with Crippen LogP contribution < -0.4 is 5.32 Å². The van der Waals surface area contributed by atoms with Crippen LogP contribution in [-0.2, 0) is 11.2 Å². The van der Waals surface area contributed by atoms with Crippen molar-refractivity contribution >= 4 is 27.4 Å². The highest BCUT2D eigenvalue weighted by Crippen LogP contribution is 2.23. The van der Waals surface area contributed by atoms with Crippen molar-refractivity contribution in [1.82, 2.24) is 9.97 Å². The molecule has 1 unspecified atom stereocenters. The van der Waals surface area contributed by atoms with Gasteiger partial charge in [0.05, 0.1) is 12.0 Å². The number of nitrogens with zero attached hydrogens (tertiary/aromatic N) is 2. The summed E-state index contributed by atoms with van der Waals surface area (Å²) in [6.45, 7) is 10.1. The van der Waals surface area contributed by atoms with Crippen molar-refractivity contribution in [2.75, 3.05) is 5.32 Å². The number of allylic oxidation sites excluding steroid dienone is 5. The fourth-order valence-corrected chi connectivity index (χ4v) is 3.72. The summed E-state index contributed by atoms with van der Waals surface area (Å²) in [7, 11) is 0. The first-order valence-electron chi connectivity index (χ1n) is 9.89. The molecule has 30 heavy (non-hydrogen) atoms. The van der Waals surface area contributed by atoms with Gasteiger partial charge in [-0.05, 0) is 50.5 Å². The van der Waals surface area contributed by atoms with Crippen molar-refractivity contribution in [3.63, 3.8) is 0 Å². The Morgan fingerprint density at radius 1 is 1.43 bits per heavy atom. The van der Waals surface area contributed by atoms with Crippen LogP contribution >= 0.6 is 11.3 Å². The lowest BCUT2D eigenvalue weighted by atomic mass is 10.1. The van der Waals surface area contributed by atoms with E-state index in [1.54, 1.807) is 30.0 Å². The minimum Gasteiger partial charge on any atom is -0.466 e. The molecular weight excluding hydrogens is 394 g/mol. The number of thiazole rings is 1. The zero-order valence-electron chi connectivity index (χ0n) is 17.6. The fraction of sp³-hybridized carbons (Fsp3) is 0.250. The highest BCUT2D eigenvalue weighted by molar-refractivity contribution is 7.13. The molecule has 0 amide bonds. The van der Waals surface area contributed by atoms with Gasteiger partial charge in [0.25, 0.3) is 0 Å². The Balaban J connectivity index is 1.50. The highest BCUT2D eigenvalue weighted by Gasteiger charge is 2.08. The van der Waals surface area contributed by atoms with Crippen LogP contribution in [0.5, 0.6) is 0 Å². The van der Waals surface area contributed by atoms with Crippen molar-refractivity contribution in [1.29, 1.82) is 0 Å². The molecule has 0 spiro atoms. The molecule has 0 saturated heterocycles. The summed E-state index contributed by atoms with van der Waals surface area (Å²) in [6.07, 6.45) is 14.9. The zero-order chi connectivity index (χ0) is 21.3. The van der Waals surface area contributed by atoms with E-state index < -0.39 is 0 Å². The number of rotatable bonds is 10. The lowest BCUT2D eigenvalue weighted by Gasteiger charge is -2.05. The fourth-order valence-electron chi connectivity index (χ4n) is 2.94. The summed E-state index contributed by atoms with van der Waals surface area (Å²) in [4.78, 5) is 8.75. The van der Waals surface area contributed by atoms with Gasteiger partial charge in [-0.2, -0.15) is 0 Å². The standard InChI is InChI=1S/C24H27N3O2S/c1-5-7-17(2)8-6-11-28-19(4)12-18(3)26-24-27-21(16-30-24)14-22-13-20-15-25-10-9-23(20)29-22/h5-7,9-13,15-17H,4,8,14H2,1-3H3,(H,26,27)/b7-5-,11-6+,18-12+. The van der Waals surface area contributed by atoms with E-state index >= 15 is 0 Å². The minimum atomic E-state index is 0.498. The molecule has 0 aliphatic carbocycles. The second-order valence-corrected chi connectivity index (χ2v) is 7.95. The first-order valence-corrected chi connectivity index (χ1v) is 10.8. The van der Waals surface area contributed by atoms with Gasteiger partial charge in [0.1, 0.15) is 17.1 Å². The van der Waals surface area contributed by atoms with Gasteiger partial charge < -0.3 is 14.5 Å². The Hall–Kier alpha value is -3.12. The molecule has 0 radical (unpaired) electrons. The Bertz CT molecular complexity index is 1040. The molecule has 1 N–H and O–H groups in total. The first kappa shape index (κ1) is 21.6. The number of pyridine rings is 1. The molecule has 156 valence electrons. The Morgan fingerprint density at radius 3 is 3.10 bits per heavy atom. The Labute approximate surface area is 181 Å². The highest BCUT2D eigenvalue weighted by atomic mass is 32.1. The number of hydrogen-bond donors (Lipinski definition) is 1. The predicted octanol–water partition coefficient (Wildman–Crippen LogP) is 6.84. The van der Waals surface area contributed by atoms with Gasteiger partial charge in [0, 0.05) is 35.3 Å². The quantitative estimate of drug-likeness (QED) is 0.221. The van der Waals surface area contributed by atoms with Crippen molar-refractivity contribution < 1.29 is 9.15 Å². The average Bonchev–Trinajstić information content (AvgIpc) is 3.31. The van der Waals surface area contributed by atoms with Crippen LogP contribution in [0.3, 0.4) is 0 Å². The maximum absolute atomic E-state index is 5.84. The van der Waals surface area contributed by atoms with E-state index in [1.807, 2.05) is 43.5 Å². The molecule has 5 nitrogen and oxygen atoms in total. The van der Waals surface area contributed by atoms with E-state index in [0.29, 0.717) is 18.1 Å². The average molecular weight is 422 g/mol. The van der Waals surface area contributed by atoms with Crippen LogP contribution in [0.4, 0.5) is 5.13 Å². The van der Waals surface area contributed by atoms with Crippen LogP contribution in [0, 0.1) is 5.92 Å². The molecule has 1 atom stereocenters. The Kier molecular flexibility index (Phi) is 7.63. The molecule has 0 bridgehead atoms. The summed E-state index contributed by atoms with van der Waals surface area (Å²) < 4.78 is 11.4. The number of aromatic nitrogens is 2. The number of anilines is 1. The van der Waals surface area contributed by atoms with Crippen molar-refractivity contribution in [2.24, 2.45) is 5.92 Å². The number of nitrogens with one attached hydrogen (secondary N) is 1. The van der Waals surface area contributed by atoms with Crippen molar-refractivity contribution in [3.8, 4) is 0 Å². The van der Waals surface area contributed by atoms with E-state index in [1.165, 1.54) is 0 Å². The molecule has 3 heterocycles. The van der Waals surface area contributed by atoms with E-state index in [0.717, 1.165) is 39.7 Å². The molecule has 0 aliphatic heterocycles. The molecule has 0 aliphatic rings. The normalized spacial score (nSPS) is 13.4. The Morgan fingerprint density at radius 2 is 2.30 bits per heavy atom. The van der Waals surface area contributed by atoms with Gasteiger partial charge in [-0.3, -0.25) is 4.98 Å². The minimum absolute atomic E-state index is 0.498. The number of fused-ring (bicyclic) bond motifs is 1. The predicted molar refractivity (Wildman–Crippen MR) is 124 cm³/mol. The third-order valence-corrected chi connectivity index (χ3v) is 5.11. The van der Waals surface area contributed by atoms with Gasteiger partial charge >= 0.3 is 0 Å². The summed E-state index contributed by atoms with van der Waals surface area (Å²) in [5.74, 6) is 1.94. The van der Waals surface area contributed by atoms with Crippen LogP contribution in [0.2, 0.25) is 0 Å². The summed E-state index contributed by atoms with van der Waals surface area (Å²) in [5, 5.41) is 7.14. The molecule has 3 aromatic heterocycles. The smallest absolute Gasteiger partial charge is 0.187 e. The maximum atomic E-state index is 5.84. The number of hydrogen-bond acceptors (Lipinski definition) is 6. The SMILES string of the molecule is C=C(/C=C(\C)Nc1nc(Cc2cc3cnccc3o2)cs1)O/C=C/CC(C)/C=C\C. The second-order valence-electron chi connectivity index (χ2n) is 7.09. The van der Waals surface area contributed by atoms with Crippen molar-refractivity contribution in [2.45, 2.75) is 33.6 Å². The van der Waals surface area contributed by atoms with Gasteiger partial charge in [-0.25, -0.2) is 4.98 Å². The van der Waals surface area contributed by atoms with Gasteiger partial charge in [-0.15, -0.1) is 11.3 Å². The van der Waals surface area contributed by atoms with Crippen LogP contribution in [0.1, 0.15) is 38.6 Å². The van der Waals surface area contributed by atoms with Gasteiger partial charge in [-0.1, -0.05) is 25.7 Å². The summed E-state index contributed by atoms with van der Waals surface area (Å²) in [5.41, 5.74) is 2.71. The lowest BCUT2D eigenvalue weighted by Crippen LogP contribution is -1.97. The second kappa shape index (κ2) is 10.6. The molecule has 3 rings (SSSR count). The number of ether oxygens (including phenoxy) is 1. The number of furan rings is 1.